The lowest BCUT2D eigenvalue weighted by Gasteiger charge is -2.07. The Kier molecular flexibility index (Phi) is 6.85. The summed E-state index contributed by atoms with van der Waals surface area (Å²) in [6, 6.07) is 0. The average Bonchev–Trinajstić information content (AvgIpc) is 2.00. The van der Waals surface area contributed by atoms with Gasteiger partial charge in [0, 0.05) is 5.25 Å². The quantitative estimate of drug-likeness (QED) is 0.586. The van der Waals surface area contributed by atoms with Crippen molar-refractivity contribution in [3.8, 4) is 0 Å². The van der Waals surface area contributed by atoms with Crippen LogP contribution in [-0.2, 0) is 7.86 Å². The third-order valence-corrected chi connectivity index (χ3v) is 2.55. The number of hydrogen-bond donors (Lipinski definition) is 0. The Morgan fingerprint density at radius 2 is 1.92 bits per heavy atom. The van der Waals surface area contributed by atoms with E-state index in [1.807, 2.05) is 19.9 Å². The number of rotatable bonds is 4. The van der Waals surface area contributed by atoms with Crippen LogP contribution < -0.4 is 0 Å². The third-order valence-electron chi connectivity index (χ3n) is 1.12. The van der Waals surface area contributed by atoms with Crippen LogP contribution in [0, 0.1) is 5.92 Å². The first kappa shape index (κ1) is 13.3. The second kappa shape index (κ2) is 6.70. The lowest BCUT2D eigenvalue weighted by molar-refractivity contribution is -0.126. The summed E-state index contributed by atoms with van der Waals surface area (Å²) in [5, 5.41) is 0.403. The zero-order valence-electron chi connectivity index (χ0n) is 8.33. The van der Waals surface area contributed by atoms with Crippen molar-refractivity contribution in [1.29, 1.82) is 0 Å². The van der Waals surface area contributed by atoms with Gasteiger partial charge in [-0.25, -0.2) is 4.79 Å². The fourth-order valence-corrected chi connectivity index (χ4v) is 2.13. The van der Waals surface area contributed by atoms with Gasteiger partial charge < -0.3 is 3.07 Å². The second-order valence-electron chi connectivity index (χ2n) is 3.31. The van der Waals surface area contributed by atoms with Crippen LogP contribution >= 0.6 is 34.8 Å². The van der Waals surface area contributed by atoms with Crippen molar-refractivity contribution in [3.63, 3.8) is 0 Å². The van der Waals surface area contributed by atoms with Gasteiger partial charge in [0.15, 0.2) is 23.0 Å². The Morgan fingerprint density at radius 3 is 2.23 bits per heavy atom. The molecule has 0 amide bonds. The molecule has 0 spiro atoms. The summed E-state index contributed by atoms with van der Waals surface area (Å²) in [5.41, 5.74) is 0. The lowest BCUT2D eigenvalue weighted by Crippen LogP contribution is -2.03. The Labute approximate surface area is 98.2 Å². The van der Waals surface area contributed by atoms with Crippen LogP contribution in [0.3, 0.4) is 0 Å². The molecular weight excluding hydrogens is 299 g/mol. The van der Waals surface area contributed by atoms with Crippen molar-refractivity contribution in [2.75, 3.05) is 0 Å². The molecule has 13 heavy (non-hydrogen) atoms. The molecule has 0 aromatic heterocycles. The van der Waals surface area contributed by atoms with E-state index in [0.29, 0.717) is 16.1 Å². The van der Waals surface area contributed by atoms with Gasteiger partial charge in [-0.1, -0.05) is 33.8 Å². The van der Waals surface area contributed by atoms with Crippen LogP contribution in [0.2, 0.25) is 0 Å². The second-order valence-corrected chi connectivity index (χ2v) is 5.36. The van der Waals surface area contributed by atoms with Gasteiger partial charge in [0.25, 0.3) is 0 Å². The van der Waals surface area contributed by atoms with Gasteiger partial charge in [-0.3, -0.25) is 0 Å². The molecule has 0 rings (SSSR count). The van der Waals surface area contributed by atoms with Gasteiger partial charge in [0.05, 0.1) is 4.91 Å². The topological polar surface area (TPSA) is 26.3 Å². The van der Waals surface area contributed by atoms with Crippen molar-refractivity contribution in [2.45, 2.75) is 32.9 Å². The molecule has 0 radical (unpaired) electrons. The molecule has 0 aliphatic carbocycles. The van der Waals surface area contributed by atoms with Crippen LogP contribution in [0.1, 0.15) is 27.7 Å². The summed E-state index contributed by atoms with van der Waals surface area (Å²) >= 11 is 3.16. The van der Waals surface area contributed by atoms with Gasteiger partial charge in [0.2, 0.25) is 0 Å². The monoisotopic (exact) mass is 314 g/mol. The third kappa shape index (κ3) is 6.37. The Hall–Kier alpha value is 0.290. The lowest BCUT2D eigenvalue weighted by atomic mass is 10.2. The molecule has 4 heteroatoms. The molecule has 0 aliphatic rings. The number of hydrogen-bond acceptors (Lipinski definition) is 3. The number of carbonyl (C=O) groups excluding carboxylic acids is 1. The zero-order chi connectivity index (χ0) is 10.4. The van der Waals surface area contributed by atoms with Gasteiger partial charge >= 0.3 is 5.97 Å². The minimum atomic E-state index is -0.243. The molecule has 0 heterocycles. The van der Waals surface area contributed by atoms with E-state index in [9.17, 15) is 4.79 Å². The summed E-state index contributed by atoms with van der Waals surface area (Å²) < 4.78 is 4.66. The fourth-order valence-electron chi connectivity index (χ4n) is 0.750. The van der Waals surface area contributed by atoms with E-state index >= 15 is 0 Å². The number of halogens is 1. The molecule has 0 saturated carbocycles. The maximum Gasteiger partial charge on any atom is 0.353 e. The highest BCUT2D eigenvalue weighted by molar-refractivity contribution is 14.1. The van der Waals surface area contributed by atoms with E-state index in [2.05, 4.69) is 16.9 Å². The first-order valence-corrected chi connectivity index (χ1v) is 5.94. The summed E-state index contributed by atoms with van der Waals surface area (Å²) in [6.07, 6.45) is 1.94. The predicted molar refractivity (Wildman–Crippen MR) is 65.8 cm³/mol. The number of allylic oxidation sites excluding steroid dienone is 1. The Morgan fingerprint density at radius 1 is 1.38 bits per heavy atom. The van der Waals surface area contributed by atoms with E-state index in [-0.39, 0.29) is 5.97 Å². The smallest absolute Gasteiger partial charge is 0.353 e. The Balaban J connectivity index is 4.45. The first-order chi connectivity index (χ1) is 5.97. The Bertz CT molecular complexity index is 200. The summed E-state index contributed by atoms with van der Waals surface area (Å²) in [6.45, 7) is 8.20. The summed E-state index contributed by atoms with van der Waals surface area (Å²) in [7, 11) is 0. The SMILES string of the molecule is CC(C)/C=C(\SC(C)C)C(=O)OI. The minimum Gasteiger partial charge on any atom is -0.391 e. The molecule has 0 aliphatic heterocycles. The standard InChI is InChI=1S/C9H15IO2S/c1-6(2)5-8(9(11)12-10)13-7(3)4/h5-7H,1-4H3/b8-5-. The molecule has 0 saturated heterocycles. The molecule has 0 unspecified atom stereocenters. The van der Waals surface area contributed by atoms with E-state index < -0.39 is 0 Å². The van der Waals surface area contributed by atoms with Crippen molar-refractivity contribution < 1.29 is 7.86 Å². The van der Waals surface area contributed by atoms with Crippen LogP contribution in [0.15, 0.2) is 11.0 Å². The summed E-state index contributed by atoms with van der Waals surface area (Å²) in [4.78, 5) is 12.0. The number of carbonyl (C=O) groups is 1. The first-order valence-electron chi connectivity index (χ1n) is 4.18. The predicted octanol–water partition coefficient (Wildman–Crippen LogP) is 3.56. The van der Waals surface area contributed by atoms with Gasteiger partial charge in [-0.15, -0.1) is 11.8 Å². The van der Waals surface area contributed by atoms with Crippen LogP contribution in [0.4, 0.5) is 0 Å². The molecule has 0 bridgehead atoms. The molecule has 0 fully saturated rings. The maximum atomic E-state index is 11.3. The molecular formula is C9H15IO2S. The summed E-state index contributed by atoms with van der Waals surface area (Å²) in [5.74, 6) is 0.129. The van der Waals surface area contributed by atoms with Crippen molar-refractivity contribution in [3.05, 3.63) is 11.0 Å². The van der Waals surface area contributed by atoms with Gasteiger partial charge in [-0.05, 0) is 5.92 Å². The zero-order valence-corrected chi connectivity index (χ0v) is 11.3. The molecule has 2 nitrogen and oxygen atoms in total. The number of thioether (sulfide) groups is 1. The molecule has 0 N–H and O–H groups in total. The highest BCUT2D eigenvalue weighted by Gasteiger charge is 2.13. The average molecular weight is 314 g/mol. The fraction of sp³-hybridized carbons (Fsp3) is 0.667. The largest absolute Gasteiger partial charge is 0.391 e. The van der Waals surface area contributed by atoms with Gasteiger partial charge in [-0.2, -0.15) is 0 Å². The highest BCUT2D eigenvalue weighted by Crippen LogP contribution is 2.24. The van der Waals surface area contributed by atoms with Gasteiger partial charge in [0.1, 0.15) is 0 Å². The van der Waals surface area contributed by atoms with Crippen molar-refractivity contribution >= 4 is 40.7 Å². The molecule has 0 aromatic carbocycles. The van der Waals surface area contributed by atoms with E-state index in [1.54, 1.807) is 34.8 Å². The minimum absolute atomic E-state index is 0.243. The van der Waals surface area contributed by atoms with Crippen LogP contribution in [-0.4, -0.2) is 11.2 Å². The molecule has 0 atom stereocenters. The van der Waals surface area contributed by atoms with E-state index in [1.165, 1.54) is 0 Å². The van der Waals surface area contributed by atoms with E-state index in [4.69, 9.17) is 0 Å². The maximum absolute atomic E-state index is 11.3. The van der Waals surface area contributed by atoms with Crippen molar-refractivity contribution in [2.24, 2.45) is 5.92 Å². The van der Waals surface area contributed by atoms with Crippen LogP contribution in [0.5, 0.6) is 0 Å². The van der Waals surface area contributed by atoms with Crippen molar-refractivity contribution in [1.82, 2.24) is 0 Å². The normalized spacial score (nSPS) is 12.4. The van der Waals surface area contributed by atoms with E-state index in [0.717, 1.165) is 0 Å². The highest BCUT2D eigenvalue weighted by atomic mass is 127. The molecule has 76 valence electrons. The van der Waals surface area contributed by atoms with Crippen LogP contribution in [0.25, 0.3) is 0 Å². The molecule has 0 aromatic rings.